The minimum absolute atomic E-state index is 0.161. The van der Waals surface area contributed by atoms with E-state index in [1.54, 1.807) is 0 Å². The van der Waals surface area contributed by atoms with Gasteiger partial charge in [-0.05, 0) is 24.1 Å². The van der Waals surface area contributed by atoms with Gasteiger partial charge in [-0.3, -0.25) is 0 Å². The van der Waals surface area contributed by atoms with Crippen molar-refractivity contribution in [3.63, 3.8) is 0 Å². The van der Waals surface area contributed by atoms with Gasteiger partial charge in [0, 0.05) is 19.0 Å². The zero-order chi connectivity index (χ0) is 16.0. The number of rotatable bonds is 7. The van der Waals surface area contributed by atoms with Crippen molar-refractivity contribution in [1.29, 1.82) is 0 Å². The Balaban J connectivity index is 2.59. The van der Waals surface area contributed by atoms with Crippen molar-refractivity contribution in [1.82, 2.24) is 5.32 Å². The minimum Gasteiger partial charge on any atom is -0.488 e. The summed E-state index contributed by atoms with van der Waals surface area (Å²) in [4.78, 5) is 0. The fraction of sp³-hybridized carbons (Fsp3) is 0.571. The van der Waals surface area contributed by atoms with Gasteiger partial charge in [-0.25, -0.2) is 8.78 Å². The molecule has 1 rings (SSSR count). The van der Waals surface area contributed by atoms with Crippen molar-refractivity contribution >= 4 is 0 Å². The molecule has 7 heteroatoms. The summed E-state index contributed by atoms with van der Waals surface area (Å²) in [6, 6.07) is 2.38. The smallest absolute Gasteiger partial charge is 0.389 e. The molecule has 21 heavy (non-hydrogen) atoms. The van der Waals surface area contributed by atoms with E-state index in [4.69, 9.17) is 4.74 Å². The van der Waals surface area contributed by atoms with Crippen LogP contribution in [0.4, 0.5) is 22.0 Å². The number of hydrogen-bond donors (Lipinski definition) is 1. The zero-order valence-corrected chi connectivity index (χ0v) is 11.9. The van der Waals surface area contributed by atoms with Crippen molar-refractivity contribution in [2.24, 2.45) is 0 Å². The van der Waals surface area contributed by atoms with E-state index < -0.39 is 36.6 Å². The van der Waals surface area contributed by atoms with E-state index in [1.807, 2.05) is 13.8 Å². The largest absolute Gasteiger partial charge is 0.488 e. The summed E-state index contributed by atoms with van der Waals surface area (Å²) in [7, 11) is 0. The van der Waals surface area contributed by atoms with E-state index in [2.05, 4.69) is 5.32 Å². The third-order valence-corrected chi connectivity index (χ3v) is 2.62. The van der Waals surface area contributed by atoms with Gasteiger partial charge in [0.2, 0.25) is 0 Å². The van der Waals surface area contributed by atoms with Crippen LogP contribution >= 0.6 is 0 Å². The number of benzene rings is 1. The van der Waals surface area contributed by atoms with Gasteiger partial charge >= 0.3 is 6.18 Å². The fourth-order valence-electron chi connectivity index (χ4n) is 1.62. The molecule has 0 heterocycles. The maximum Gasteiger partial charge on any atom is 0.389 e. The molecule has 0 bridgehead atoms. The molecule has 2 nitrogen and oxygen atoms in total. The van der Waals surface area contributed by atoms with Crippen molar-refractivity contribution in [3.8, 4) is 5.75 Å². The summed E-state index contributed by atoms with van der Waals surface area (Å²) in [5.41, 5.74) is 0.404. The Morgan fingerprint density at radius 2 is 1.71 bits per heavy atom. The van der Waals surface area contributed by atoms with Crippen molar-refractivity contribution in [2.75, 3.05) is 6.61 Å². The molecule has 0 unspecified atom stereocenters. The predicted molar refractivity (Wildman–Crippen MR) is 69.1 cm³/mol. The summed E-state index contributed by atoms with van der Waals surface area (Å²) >= 11 is 0. The van der Waals surface area contributed by atoms with Crippen LogP contribution < -0.4 is 10.1 Å². The molecule has 0 aliphatic rings. The summed E-state index contributed by atoms with van der Waals surface area (Å²) < 4.78 is 67.9. The van der Waals surface area contributed by atoms with E-state index in [1.165, 1.54) is 0 Å². The van der Waals surface area contributed by atoms with Crippen molar-refractivity contribution < 1.29 is 26.7 Å². The highest BCUT2D eigenvalue weighted by Gasteiger charge is 2.26. The molecule has 0 saturated carbocycles. The highest BCUT2D eigenvalue weighted by Crippen LogP contribution is 2.25. The lowest BCUT2D eigenvalue weighted by molar-refractivity contribution is -0.136. The lowest BCUT2D eigenvalue weighted by Gasteiger charge is -2.12. The van der Waals surface area contributed by atoms with Gasteiger partial charge in [-0.2, -0.15) is 13.2 Å². The minimum atomic E-state index is -4.30. The van der Waals surface area contributed by atoms with Crippen LogP contribution in [-0.4, -0.2) is 18.8 Å². The number of hydrogen-bond acceptors (Lipinski definition) is 2. The Hall–Kier alpha value is -1.37. The van der Waals surface area contributed by atoms with Crippen molar-refractivity contribution in [2.45, 2.75) is 45.5 Å². The van der Waals surface area contributed by atoms with E-state index in [9.17, 15) is 22.0 Å². The average molecular weight is 311 g/mol. The standard InChI is InChI=1S/C14H18F5NO/c1-9(2)20-8-10-6-11(15)13(12(16)7-10)21-5-3-4-14(17,18)19/h6-7,9,20H,3-5,8H2,1-2H3. The lowest BCUT2D eigenvalue weighted by atomic mass is 10.2. The number of ether oxygens (including phenoxy) is 1. The molecular formula is C14H18F5NO. The number of alkyl halides is 3. The van der Waals surface area contributed by atoms with Crippen LogP contribution in [0.2, 0.25) is 0 Å². The summed E-state index contributed by atoms with van der Waals surface area (Å²) in [5, 5.41) is 3.01. The Morgan fingerprint density at radius 3 is 2.19 bits per heavy atom. The van der Waals surface area contributed by atoms with Crippen LogP contribution in [0.3, 0.4) is 0 Å². The average Bonchev–Trinajstić information content (AvgIpc) is 2.33. The maximum atomic E-state index is 13.7. The van der Waals surface area contributed by atoms with Crippen LogP contribution in [0.1, 0.15) is 32.3 Å². The summed E-state index contributed by atoms with van der Waals surface area (Å²) in [6.45, 7) is 3.69. The Bertz CT molecular complexity index is 436. The van der Waals surface area contributed by atoms with E-state index in [0.29, 0.717) is 12.1 Å². The highest BCUT2D eigenvalue weighted by molar-refractivity contribution is 5.31. The molecule has 1 aromatic rings. The normalized spacial score (nSPS) is 12.0. The third kappa shape index (κ3) is 6.75. The number of halogens is 5. The van der Waals surface area contributed by atoms with Gasteiger partial charge in [0.05, 0.1) is 6.61 Å². The highest BCUT2D eigenvalue weighted by atomic mass is 19.4. The fourth-order valence-corrected chi connectivity index (χ4v) is 1.62. The van der Waals surface area contributed by atoms with Crippen molar-refractivity contribution in [3.05, 3.63) is 29.3 Å². The van der Waals surface area contributed by atoms with Crippen LogP contribution in [0.15, 0.2) is 12.1 Å². The van der Waals surface area contributed by atoms with Gasteiger partial charge in [-0.15, -0.1) is 0 Å². The Labute approximate surface area is 120 Å². The third-order valence-electron chi connectivity index (χ3n) is 2.62. The first kappa shape index (κ1) is 17.7. The van der Waals surface area contributed by atoms with E-state index in [0.717, 1.165) is 12.1 Å². The van der Waals surface area contributed by atoms with Crippen LogP contribution in [0, 0.1) is 11.6 Å². The second kappa shape index (κ2) is 7.59. The molecule has 0 atom stereocenters. The maximum absolute atomic E-state index is 13.7. The quantitative estimate of drug-likeness (QED) is 0.602. The molecule has 0 radical (unpaired) electrons. The molecule has 1 N–H and O–H groups in total. The molecule has 0 fully saturated rings. The molecular weight excluding hydrogens is 293 g/mol. The monoisotopic (exact) mass is 311 g/mol. The molecule has 0 amide bonds. The molecule has 120 valence electrons. The first-order chi connectivity index (χ1) is 9.69. The Kier molecular flexibility index (Phi) is 6.39. The van der Waals surface area contributed by atoms with E-state index >= 15 is 0 Å². The lowest BCUT2D eigenvalue weighted by Crippen LogP contribution is -2.22. The van der Waals surface area contributed by atoms with Crippen LogP contribution in [0.25, 0.3) is 0 Å². The number of nitrogens with one attached hydrogen (secondary N) is 1. The van der Waals surface area contributed by atoms with E-state index in [-0.39, 0.29) is 12.5 Å². The second-order valence-electron chi connectivity index (χ2n) is 4.99. The van der Waals surface area contributed by atoms with Gasteiger partial charge in [0.1, 0.15) is 0 Å². The van der Waals surface area contributed by atoms with Gasteiger partial charge in [0.25, 0.3) is 0 Å². The van der Waals surface area contributed by atoms with Crippen LogP contribution in [-0.2, 0) is 6.54 Å². The molecule has 0 aromatic heterocycles. The summed E-state index contributed by atoms with van der Waals surface area (Å²) in [6.07, 6.45) is -5.70. The van der Waals surface area contributed by atoms with Crippen LogP contribution in [0.5, 0.6) is 5.75 Å². The predicted octanol–water partition coefficient (Wildman–Crippen LogP) is 4.18. The molecule has 0 spiro atoms. The molecule has 0 aliphatic carbocycles. The SMILES string of the molecule is CC(C)NCc1cc(F)c(OCCCC(F)(F)F)c(F)c1. The van der Waals surface area contributed by atoms with Gasteiger partial charge in [0.15, 0.2) is 17.4 Å². The van der Waals surface area contributed by atoms with Gasteiger partial charge < -0.3 is 10.1 Å². The molecule has 0 aliphatic heterocycles. The first-order valence-corrected chi connectivity index (χ1v) is 6.60. The Morgan fingerprint density at radius 1 is 1.14 bits per heavy atom. The topological polar surface area (TPSA) is 21.3 Å². The molecule has 1 aromatic carbocycles. The second-order valence-corrected chi connectivity index (χ2v) is 4.99. The zero-order valence-electron chi connectivity index (χ0n) is 11.9. The summed E-state index contributed by atoms with van der Waals surface area (Å²) in [5.74, 6) is -2.46. The molecule has 0 saturated heterocycles. The first-order valence-electron chi connectivity index (χ1n) is 6.60. The van der Waals surface area contributed by atoms with Gasteiger partial charge in [-0.1, -0.05) is 13.8 Å².